The van der Waals surface area contributed by atoms with Gasteiger partial charge in [0.15, 0.2) is 0 Å². The Hall–Kier alpha value is -2.41. The summed E-state index contributed by atoms with van der Waals surface area (Å²) in [6, 6.07) is 15.2. The lowest BCUT2D eigenvalue weighted by atomic mass is 9.70. The van der Waals surface area contributed by atoms with Gasteiger partial charge in [-0.25, -0.2) is 3.63 Å². The summed E-state index contributed by atoms with van der Waals surface area (Å²) in [4.78, 5) is 18.1. The maximum atomic E-state index is 16.6. The molecule has 2 unspecified atom stereocenters. The van der Waals surface area contributed by atoms with E-state index < -0.39 is 31.3 Å². The van der Waals surface area contributed by atoms with Gasteiger partial charge < -0.3 is 0 Å². The first-order chi connectivity index (χ1) is 33.7. The van der Waals surface area contributed by atoms with Crippen molar-refractivity contribution in [2.24, 2.45) is 16.7 Å². The van der Waals surface area contributed by atoms with Gasteiger partial charge in [0.25, 0.3) is 10.1 Å². The Bertz CT molecular complexity index is 1970. The Labute approximate surface area is 433 Å². The fraction of sp³-hybridized carbons (Fsp3) is 0.703. The predicted molar refractivity (Wildman–Crippen MR) is 303 cm³/mol. The third kappa shape index (κ3) is 13.5. The van der Waals surface area contributed by atoms with E-state index in [0.29, 0.717) is 12.8 Å². The van der Waals surface area contributed by atoms with E-state index in [1.54, 1.807) is 0 Å². The van der Waals surface area contributed by atoms with Gasteiger partial charge in [0.05, 0.1) is 11.2 Å². The summed E-state index contributed by atoms with van der Waals surface area (Å²) >= 11 is 0. The molecule has 3 aromatic rings. The number of carbonyl (C=O) groups excluding carboxylic acids is 1. The highest BCUT2D eigenvalue weighted by molar-refractivity contribution is 8.33. The zero-order chi connectivity index (χ0) is 51.0. The Balaban J connectivity index is 2.18. The first-order valence-corrected chi connectivity index (χ1v) is 32.6. The lowest BCUT2D eigenvalue weighted by Crippen LogP contribution is -2.42. The van der Waals surface area contributed by atoms with Gasteiger partial charge in [-0.3, -0.25) is 4.79 Å². The minimum Gasteiger partial charge on any atom is -0.299 e. The molecule has 6 heteroatoms. The van der Waals surface area contributed by atoms with Gasteiger partial charge in [-0.2, -0.15) is 8.42 Å². The molecule has 2 atom stereocenters. The van der Waals surface area contributed by atoms with Crippen LogP contribution in [0.3, 0.4) is 0 Å². The normalized spacial score (nSPS) is 18.1. The SMILES string of the molecule is CCCCc1cc(CCCC)c(S(OS(=O)(=O)CC23CCC(CC2=O)C3(C)C)(c2c(CCCC)cc(CCCC)cc2CCCC)c2c(CCCC)cc(CCCC)cc2CCCC)c(CCCC)c1. The van der Waals surface area contributed by atoms with Gasteiger partial charge in [0, 0.05) is 21.1 Å². The number of hydrogen-bond acceptors (Lipinski definition) is 4. The van der Waals surface area contributed by atoms with Gasteiger partial charge in [0.2, 0.25) is 0 Å². The number of hydrogen-bond donors (Lipinski definition) is 0. The monoisotopic (exact) mass is 999 g/mol. The standard InChI is InChI=1S/C64H102O4S2/c1-12-21-30-49-41-52(33-24-15-4)60(53(42-49)34-25-16-5)70(68-69(66,67)48-64-40-39-58(47-59(64)65)63(64,10)11,61-54(35-26-17-6)43-50(31-22-13-2)44-55(61)36-27-18-7)62-56(37-28-19-8)45-51(32-23-14-3)46-57(62)38-29-20-9/h41-46,58H,12-40,47-48H2,1-11H3. The quantitative estimate of drug-likeness (QED) is 0.0598. The first-order valence-electron chi connectivity index (χ1n) is 29.4. The van der Waals surface area contributed by atoms with Crippen LogP contribution in [0, 0.1) is 16.7 Å². The Morgan fingerprint density at radius 2 is 0.729 bits per heavy atom. The van der Waals surface area contributed by atoms with Gasteiger partial charge >= 0.3 is 0 Å². The Kier molecular flexibility index (Phi) is 23.2. The van der Waals surface area contributed by atoms with Crippen LogP contribution in [0.4, 0.5) is 0 Å². The number of fused-ring (bicyclic) bond motifs is 2. The molecule has 0 heterocycles. The lowest BCUT2D eigenvalue weighted by molar-refractivity contribution is -0.128. The highest BCUT2D eigenvalue weighted by Gasteiger charge is 2.66. The molecule has 2 bridgehead atoms. The molecule has 2 aliphatic carbocycles. The molecule has 0 saturated heterocycles. The van der Waals surface area contributed by atoms with Gasteiger partial charge in [-0.15, -0.1) is 0 Å². The fourth-order valence-electron chi connectivity index (χ4n) is 12.5. The zero-order valence-corrected chi connectivity index (χ0v) is 48.5. The van der Waals surface area contributed by atoms with Crippen molar-refractivity contribution in [2.75, 3.05) is 5.75 Å². The molecule has 394 valence electrons. The Morgan fingerprint density at radius 1 is 0.457 bits per heavy atom. The maximum Gasteiger partial charge on any atom is 0.278 e. The highest BCUT2D eigenvalue weighted by Crippen LogP contribution is 2.76. The molecule has 0 aliphatic heterocycles. The Morgan fingerprint density at radius 3 is 0.957 bits per heavy atom. The van der Waals surface area contributed by atoms with Crippen LogP contribution in [0.1, 0.15) is 261 Å². The van der Waals surface area contributed by atoms with Crippen molar-refractivity contribution < 1.29 is 16.8 Å². The second kappa shape index (κ2) is 27.8. The van der Waals surface area contributed by atoms with Crippen LogP contribution in [0.15, 0.2) is 51.1 Å². The van der Waals surface area contributed by atoms with Crippen molar-refractivity contribution in [3.05, 3.63) is 86.5 Å². The molecule has 0 amide bonds. The number of benzene rings is 3. The fourth-order valence-corrected chi connectivity index (χ4v) is 19.8. The van der Waals surface area contributed by atoms with Crippen LogP contribution in [0.5, 0.6) is 0 Å². The largest absolute Gasteiger partial charge is 0.299 e. The summed E-state index contributed by atoms with van der Waals surface area (Å²) in [5.74, 6) is 0.0967. The molecule has 2 saturated carbocycles. The molecule has 2 aliphatic rings. The minimum atomic E-state index is -4.40. The van der Waals surface area contributed by atoms with E-state index in [-0.39, 0.29) is 17.5 Å². The van der Waals surface area contributed by atoms with Crippen molar-refractivity contribution in [3.63, 3.8) is 0 Å². The smallest absolute Gasteiger partial charge is 0.278 e. The van der Waals surface area contributed by atoms with E-state index in [2.05, 4.69) is 113 Å². The molecule has 2 fully saturated rings. The molecule has 0 radical (unpaired) electrons. The molecule has 5 rings (SSSR count). The number of ketones is 1. The van der Waals surface area contributed by atoms with Gasteiger partial charge in [-0.1, -0.05) is 170 Å². The lowest BCUT2D eigenvalue weighted by Gasteiger charge is -2.47. The van der Waals surface area contributed by atoms with Crippen LogP contribution < -0.4 is 0 Å². The number of unbranched alkanes of at least 4 members (excludes halogenated alkanes) is 9. The summed E-state index contributed by atoms with van der Waals surface area (Å²) in [6.45, 7) is 25.1. The molecule has 4 nitrogen and oxygen atoms in total. The van der Waals surface area contributed by atoms with E-state index in [0.717, 1.165) is 180 Å². The topological polar surface area (TPSA) is 60.4 Å². The number of aryl methyl sites for hydroxylation is 9. The summed E-state index contributed by atoms with van der Waals surface area (Å²) in [7, 11) is -7.48. The van der Waals surface area contributed by atoms with Crippen molar-refractivity contribution in [2.45, 2.75) is 283 Å². The van der Waals surface area contributed by atoms with Gasteiger partial charge in [-0.05, 0) is 200 Å². The van der Waals surface area contributed by atoms with E-state index in [9.17, 15) is 4.79 Å². The molecule has 0 spiro atoms. The van der Waals surface area contributed by atoms with Crippen LogP contribution in [-0.4, -0.2) is 20.0 Å². The number of carbonyl (C=O) groups is 1. The minimum absolute atomic E-state index is 0.133. The third-order valence-corrected chi connectivity index (χ3v) is 22.6. The molecule has 70 heavy (non-hydrogen) atoms. The number of Topliss-reactive ketones (excluding diaryl/α,β-unsaturated/α-hetero) is 1. The highest BCUT2D eigenvalue weighted by atomic mass is 32.3. The second-order valence-electron chi connectivity index (χ2n) is 22.7. The third-order valence-electron chi connectivity index (χ3n) is 16.8. The van der Waals surface area contributed by atoms with E-state index in [1.165, 1.54) is 64.8 Å². The van der Waals surface area contributed by atoms with E-state index >= 15 is 8.42 Å². The summed E-state index contributed by atoms with van der Waals surface area (Å²) in [5.41, 5.74) is 10.6. The van der Waals surface area contributed by atoms with Crippen LogP contribution in [0.2, 0.25) is 0 Å². The predicted octanol–water partition coefficient (Wildman–Crippen LogP) is 18.7. The van der Waals surface area contributed by atoms with Gasteiger partial charge in [0.1, 0.15) is 5.78 Å². The molecular formula is C64H102O4S2. The van der Waals surface area contributed by atoms with Crippen molar-refractivity contribution in [3.8, 4) is 0 Å². The van der Waals surface area contributed by atoms with E-state index in [1.807, 2.05) is 0 Å². The molecule has 3 aromatic carbocycles. The van der Waals surface area contributed by atoms with Crippen molar-refractivity contribution in [1.82, 2.24) is 0 Å². The summed E-state index contributed by atoms with van der Waals surface area (Å²) in [6.07, 6.45) is 29.5. The summed E-state index contributed by atoms with van der Waals surface area (Å²) < 4.78 is 41.2. The van der Waals surface area contributed by atoms with Crippen LogP contribution in [0.25, 0.3) is 0 Å². The van der Waals surface area contributed by atoms with Crippen molar-refractivity contribution in [1.29, 1.82) is 0 Å². The maximum absolute atomic E-state index is 16.6. The average Bonchev–Trinajstić information content (AvgIpc) is 3.68. The summed E-state index contributed by atoms with van der Waals surface area (Å²) in [5, 5.41) is 0. The average molecular weight is 1000 g/mol. The molecule has 0 aromatic heterocycles. The zero-order valence-electron chi connectivity index (χ0n) is 46.9. The number of rotatable bonds is 34. The van der Waals surface area contributed by atoms with Crippen LogP contribution in [-0.2, 0) is 76.3 Å². The van der Waals surface area contributed by atoms with Crippen LogP contribution >= 0.6 is 10.3 Å². The molecular weight excluding hydrogens is 897 g/mol. The first kappa shape index (κ1) is 58.5. The van der Waals surface area contributed by atoms with Crippen molar-refractivity contribution >= 4 is 26.2 Å². The molecule has 0 N–H and O–H groups in total. The second-order valence-corrected chi connectivity index (χ2v) is 26.9. The van der Waals surface area contributed by atoms with E-state index in [4.69, 9.17) is 3.63 Å².